The number of thioether (sulfide) groups is 1. The quantitative estimate of drug-likeness (QED) is 0.443. The molecule has 124 valence electrons. The van der Waals surface area contributed by atoms with Crippen molar-refractivity contribution in [3.05, 3.63) is 0 Å². The van der Waals surface area contributed by atoms with Crippen molar-refractivity contribution in [2.24, 2.45) is 0 Å². The van der Waals surface area contributed by atoms with Gasteiger partial charge in [-0.2, -0.15) is 0 Å². The summed E-state index contributed by atoms with van der Waals surface area (Å²) in [5.74, 6) is 1.03. The summed E-state index contributed by atoms with van der Waals surface area (Å²) in [5.41, 5.74) is 0. The van der Waals surface area contributed by atoms with Gasteiger partial charge in [-0.25, -0.2) is 4.79 Å². The average molecular weight is 346 g/mol. The molecule has 2 rings (SSSR count). The molecule has 1 aromatic rings. The normalized spacial score (nSPS) is 15.2. The van der Waals surface area contributed by atoms with Gasteiger partial charge in [0.2, 0.25) is 5.13 Å². The number of amides is 2. The van der Waals surface area contributed by atoms with Gasteiger partial charge in [0.15, 0.2) is 10.6 Å². The Labute approximate surface area is 138 Å². The molecular formula is C13H22N4O3S2. The van der Waals surface area contributed by atoms with E-state index in [1.807, 2.05) is 0 Å². The van der Waals surface area contributed by atoms with Gasteiger partial charge < -0.3 is 14.4 Å². The molecule has 0 aliphatic carbocycles. The van der Waals surface area contributed by atoms with Crippen LogP contribution in [0.25, 0.3) is 0 Å². The van der Waals surface area contributed by atoms with Crippen LogP contribution in [0.5, 0.6) is 0 Å². The lowest BCUT2D eigenvalue weighted by Crippen LogP contribution is -2.37. The minimum absolute atomic E-state index is 0.238. The summed E-state index contributed by atoms with van der Waals surface area (Å²) in [6.07, 6.45) is 3.27. The fraction of sp³-hybridized carbons (Fsp3) is 0.769. The van der Waals surface area contributed by atoms with E-state index in [1.54, 1.807) is 18.8 Å². The maximum atomic E-state index is 12.0. The van der Waals surface area contributed by atoms with Crippen LogP contribution >= 0.6 is 23.1 Å². The Morgan fingerprint density at radius 1 is 1.41 bits per heavy atom. The first-order valence-electron chi connectivity index (χ1n) is 7.40. The van der Waals surface area contributed by atoms with Gasteiger partial charge in [0, 0.05) is 12.8 Å². The van der Waals surface area contributed by atoms with Crippen LogP contribution in [0, 0.1) is 0 Å². The van der Waals surface area contributed by atoms with Gasteiger partial charge >= 0.3 is 6.03 Å². The zero-order valence-electron chi connectivity index (χ0n) is 12.9. The third-order valence-corrected chi connectivity index (χ3v) is 5.11. The van der Waals surface area contributed by atoms with E-state index in [0.717, 1.165) is 10.1 Å². The molecule has 22 heavy (non-hydrogen) atoms. The minimum atomic E-state index is -0.338. The fourth-order valence-electron chi connectivity index (χ4n) is 1.84. The van der Waals surface area contributed by atoms with Crippen molar-refractivity contribution in [2.45, 2.75) is 36.8 Å². The number of aromatic nitrogens is 2. The molecule has 0 bridgehead atoms. The third kappa shape index (κ3) is 5.71. The summed E-state index contributed by atoms with van der Waals surface area (Å²) in [4.78, 5) is 13.6. The van der Waals surface area contributed by atoms with Crippen molar-refractivity contribution >= 4 is 34.3 Å². The largest absolute Gasteiger partial charge is 0.348 e. The molecule has 0 spiro atoms. The summed E-state index contributed by atoms with van der Waals surface area (Å²) >= 11 is 3.08. The van der Waals surface area contributed by atoms with Crippen LogP contribution in [-0.2, 0) is 9.47 Å². The molecule has 2 amide bonds. The van der Waals surface area contributed by atoms with Crippen molar-refractivity contribution in [3.63, 3.8) is 0 Å². The topological polar surface area (TPSA) is 76.6 Å². The van der Waals surface area contributed by atoms with Crippen molar-refractivity contribution in [3.8, 4) is 0 Å². The lowest BCUT2D eigenvalue weighted by atomic mass is 10.3. The number of anilines is 1. The number of unbranched alkanes of at least 4 members (excludes halogenated alkanes) is 2. The summed E-state index contributed by atoms with van der Waals surface area (Å²) in [5, 5.41) is 11.3. The number of ether oxygens (including phenoxy) is 2. The molecular weight excluding hydrogens is 324 g/mol. The Morgan fingerprint density at radius 2 is 2.18 bits per heavy atom. The molecule has 0 aromatic carbocycles. The van der Waals surface area contributed by atoms with Gasteiger partial charge in [-0.05, 0) is 6.42 Å². The van der Waals surface area contributed by atoms with Crippen molar-refractivity contribution in [1.82, 2.24) is 15.1 Å². The van der Waals surface area contributed by atoms with Crippen LogP contribution in [0.2, 0.25) is 0 Å². The molecule has 2 heterocycles. The molecule has 1 aromatic heterocycles. The maximum Gasteiger partial charge on any atom is 0.323 e. The zero-order valence-corrected chi connectivity index (χ0v) is 14.5. The Kier molecular flexibility index (Phi) is 7.37. The SMILES string of the molecule is CCCCCSc1nnc(NC(=O)N(C)CC2OCCO2)s1. The van der Waals surface area contributed by atoms with Crippen LogP contribution in [0.3, 0.4) is 0 Å². The average Bonchev–Trinajstić information content (AvgIpc) is 3.15. The van der Waals surface area contributed by atoms with Crippen molar-refractivity contribution < 1.29 is 14.3 Å². The van der Waals surface area contributed by atoms with E-state index in [2.05, 4.69) is 22.4 Å². The second kappa shape index (κ2) is 9.29. The highest BCUT2D eigenvalue weighted by atomic mass is 32.2. The predicted octanol–water partition coefficient (Wildman–Crippen LogP) is 2.66. The molecule has 7 nitrogen and oxygen atoms in total. The number of rotatable bonds is 8. The van der Waals surface area contributed by atoms with Gasteiger partial charge in [0.05, 0.1) is 19.8 Å². The van der Waals surface area contributed by atoms with Crippen LogP contribution in [0.4, 0.5) is 9.93 Å². The molecule has 1 aliphatic heterocycles. The minimum Gasteiger partial charge on any atom is -0.348 e. The monoisotopic (exact) mass is 346 g/mol. The summed E-state index contributed by atoms with van der Waals surface area (Å²) in [6, 6.07) is -0.238. The molecule has 0 radical (unpaired) electrons. The standard InChI is InChI=1S/C13H22N4O3S2/c1-3-4-5-8-21-13-16-15-11(22-13)14-12(18)17(2)9-10-19-6-7-20-10/h10H,3-9H2,1-2H3,(H,14,15,18). The number of carbonyl (C=O) groups excluding carboxylic acids is 1. The Hall–Kier alpha value is -0.900. The molecule has 1 aliphatic rings. The molecule has 9 heteroatoms. The molecule has 0 unspecified atom stereocenters. The van der Waals surface area contributed by atoms with E-state index < -0.39 is 0 Å². The van der Waals surface area contributed by atoms with Gasteiger partial charge in [0.25, 0.3) is 0 Å². The number of urea groups is 1. The molecule has 1 fully saturated rings. The Morgan fingerprint density at radius 3 is 2.91 bits per heavy atom. The molecule has 0 saturated carbocycles. The number of hydrogen-bond donors (Lipinski definition) is 1. The predicted molar refractivity (Wildman–Crippen MR) is 87.5 cm³/mol. The third-order valence-electron chi connectivity index (χ3n) is 3.05. The Balaban J connectivity index is 1.72. The van der Waals surface area contributed by atoms with E-state index in [4.69, 9.17) is 9.47 Å². The second-order valence-corrected chi connectivity index (χ2v) is 7.23. The fourth-order valence-corrected chi connectivity index (χ4v) is 3.65. The highest BCUT2D eigenvalue weighted by Crippen LogP contribution is 2.26. The Bertz CT molecular complexity index is 466. The molecule has 1 N–H and O–H groups in total. The highest BCUT2D eigenvalue weighted by molar-refractivity contribution is 8.01. The van der Waals surface area contributed by atoms with Crippen molar-refractivity contribution in [1.29, 1.82) is 0 Å². The van der Waals surface area contributed by atoms with Gasteiger partial charge in [0.1, 0.15) is 0 Å². The first kappa shape index (κ1) is 17.5. The molecule has 1 saturated heterocycles. The van der Waals surface area contributed by atoms with Crippen molar-refractivity contribution in [2.75, 3.05) is 37.9 Å². The van der Waals surface area contributed by atoms with Crippen LogP contribution in [0.15, 0.2) is 4.34 Å². The first-order valence-corrected chi connectivity index (χ1v) is 9.21. The van der Waals surface area contributed by atoms with Crippen LogP contribution in [0.1, 0.15) is 26.2 Å². The van der Waals surface area contributed by atoms with E-state index in [-0.39, 0.29) is 12.3 Å². The summed E-state index contributed by atoms with van der Waals surface area (Å²) in [7, 11) is 1.70. The first-order chi connectivity index (χ1) is 10.7. The number of nitrogens with zero attached hydrogens (tertiary/aromatic N) is 3. The summed E-state index contributed by atoms with van der Waals surface area (Å²) < 4.78 is 11.5. The maximum absolute atomic E-state index is 12.0. The number of hydrogen-bond acceptors (Lipinski definition) is 7. The lowest BCUT2D eigenvalue weighted by molar-refractivity contribution is -0.0518. The summed E-state index contributed by atoms with van der Waals surface area (Å²) in [6.45, 7) is 3.73. The highest BCUT2D eigenvalue weighted by Gasteiger charge is 2.21. The van der Waals surface area contributed by atoms with E-state index in [1.165, 1.54) is 35.5 Å². The van der Waals surface area contributed by atoms with E-state index in [0.29, 0.717) is 24.9 Å². The smallest absolute Gasteiger partial charge is 0.323 e. The lowest BCUT2D eigenvalue weighted by Gasteiger charge is -2.19. The zero-order chi connectivity index (χ0) is 15.8. The molecule has 0 atom stereocenters. The number of carbonyl (C=O) groups is 1. The number of likely N-dealkylation sites (N-methyl/N-ethyl adjacent to an activating group) is 1. The van der Waals surface area contributed by atoms with Gasteiger partial charge in [-0.15, -0.1) is 10.2 Å². The van der Waals surface area contributed by atoms with Gasteiger partial charge in [-0.1, -0.05) is 42.9 Å². The second-order valence-electron chi connectivity index (χ2n) is 4.91. The van der Waals surface area contributed by atoms with E-state index in [9.17, 15) is 4.79 Å². The van der Waals surface area contributed by atoms with Gasteiger partial charge in [-0.3, -0.25) is 5.32 Å². The van der Waals surface area contributed by atoms with E-state index >= 15 is 0 Å². The van der Waals surface area contributed by atoms with Crippen LogP contribution in [-0.4, -0.2) is 60.0 Å². The number of nitrogens with one attached hydrogen (secondary N) is 1. The van der Waals surface area contributed by atoms with Crippen LogP contribution < -0.4 is 5.32 Å².